The minimum Gasteiger partial charge on any atom is -0.486 e. The van der Waals surface area contributed by atoms with Crippen molar-refractivity contribution >= 4 is 27.3 Å². The number of fused-ring (bicyclic) bond motifs is 1. The molecule has 36 heavy (non-hydrogen) atoms. The van der Waals surface area contributed by atoms with E-state index in [0.29, 0.717) is 42.7 Å². The molecule has 8 nitrogen and oxygen atoms in total. The molecule has 2 aliphatic rings. The second kappa shape index (κ2) is 11.4. The van der Waals surface area contributed by atoms with Gasteiger partial charge < -0.3 is 19.7 Å². The zero-order valence-corrected chi connectivity index (χ0v) is 22.2. The molecule has 196 valence electrons. The van der Waals surface area contributed by atoms with E-state index in [1.54, 1.807) is 18.2 Å². The Morgan fingerprint density at radius 3 is 2.56 bits per heavy atom. The Bertz CT molecular complexity index is 1150. The van der Waals surface area contributed by atoms with E-state index in [1.165, 1.54) is 29.1 Å². The SMILES string of the molecule is C[C@H]1CCCN(c2ccc([C@@H](C)NC(=O)CCCN(c3ccc4c(c3)OCCO4)S(C)(=O)=O)cc2)C1. The average molecular weight is 516 g/mol. The van der Waals surface area contributed by atoms with E-state index in [1.807, 2.05) is 6.92 Å². The van der Waals surface area contributed by atoms with Crippen molar-refractivity contribution in [1.29, 1.82) is 0 Å². The Balaban J connectivity index is 1.30. The molecule has 9 heteroatoms. The second-order valence-corrected chi connectivity index (χ2v) is 11.7. The van der Waals surface area contributed by atoms with Gasteiger partial charge in [-0.05, 0) is 61.9 Å². The largest absolute Gasteiger partial charge is 0.486 e. The number of anilines is 2. The molecule has 1 N–H and O–H groups in total. The van der Waals surface area contributed by atoms with Crippen LogP contribution in [0.15, 0.2) is 42.5 Å². The van der Waals surface area contributed by atoms with Gasteiger partial charge in [0, 0.05) is 37.8 Å². The highest BCUT2D eigenvalue weighted by molar-refractivity contribution is 7.92. The van der Waals surface area contributed by atoms with Gasteiger partial charge in [0.25, 0.3) is 0 Å². The minimum atomic E-state index is -3.52. The predicted molar refractivity (Wildman–Crippen MR) is 142 cm³/mol. The maximum atomic E-state index is 12.6. The van der Waals surface area contributed by atoms with Crippen LogP contribution in [0, 0.1) is 5.92 Å². The van der Waals surface area contributed by atoms with Crippen molar-refractivity contribution in [1.82, 2.24) is 5.32 Å². The van der Waals surface area contributed by atoms with Crippen LogP contribution in [0.4, 0.5) is 11.4 Å². The van der Waals surface area contributed by atoms with E-state index in [4.69, 9.17) is 9.47 Å². The predicted octanol–water partition coefficient (Wildman–Crippen LogP) is 4.12. The van der Waals surface area contributed by atoms with E-state index < -0.39 is 10.0 Å². The molecule has 0 unspecified atom stereocenters. The summed E-state index contributed by atoms with van der Waals surface area (Å²) in [4.78, 5) is 15.0. The van der Waals surface area contributed by atoms with Gasteiger partial charge in [0.05, 0.1) is 18.0 Å². The van der Waals surface area contributed by atoms with Crippen LogP contribution < -0.4 is 24.0 Å². The third kappa shape index (κ3) is 6.63. The molecule has 0 saturated carbocycles. The molecule has 0 aromatic heterocycles. The van der Waals surface area contributed by atoms with Crippen molar-refractivity contribution < 1.29 is 22.7 Å². The van der Waals surface area contributed by atoms with Crippen molar-refractivity contribution in [3.63, 3.8) is 0 Å². The number of nitrogens with one attached hydrogen (secondary N) is 1. The monoisotopic (exact) mass is 515 g/mol. The van der Waals surface area contributed by atoms with Crippen LogP contribution in [0.5, 0.6) is 11.5 Å². The molecule has 2 aliphatic heterocycles. The summed E-state index contributed by atoms with van der Waals surface area (Å²) in [6, 6.07) is 13.4. The van der Waals surface area contributed by atoms with E-state index in [0.717, 1.165) is 18.7 Å². The van der Waals surface area contributed by atoms with Gasteiger partial charge >= 0.3 is 0 Å². The van der Waals surface area contributed by atoms with Crippen LogP contribution in [0.2, 0.25) is 0 Å². The lowest BCUT2D eigenvalue weighted by Crippen LogP contribution is -2.34. The fourth-order valence-electron chi connectivity index (χ4n) is 4.85. The molecule has 1 saturated heterocycles. The van der Waals surface area contributed by atoms with E-state index in [2.05, 4.69) is 41.4 Å². The van der Waals surface area contributed by atoms with Crippen molar-refractivity contribution in [2.45, 2.75) is 45.6 Å². The molecule has 0 spiro atoms. The fraction of sp³-hybridized carbons (Fsp3) is 0.519. The Kier molecular flexibility index (Phi) is 8.28. The first-order valence-corrected chi connectivity index (χ1v) is 14.6. The number of carbonyl (C=O) groups is 1. The molecule has 0 radical (unpaired) electrons. The normalized spacial score (nSPS) is 18.4. The second-order valence-electron chi connectivity index (χ2n) is 9.84. The summed E-state index contributed by atoms with van der Waals surface area (Å²) in [7, 11) is -3.52. The first-order chi connectivity index (χ1) is 17.2. The number of hydrogen-bond donors (Lipinski definition) is 1. The fourth-order valence-corrected chi connectivity index (χ4v) is 5.81. The average Bonchev–Trinajstić information content (AvgIpc) is 2.85. The van der Waals surface area contributed by atoms with Crippen LogP contribution in [0.25, 0.3) is 0 Å². The van der Waals surface area contributed by atoms with Gasteiger partial charge in [0.2, 0.25) is 15.9 Å². The van der Waals surface area contributed by atoms with Gasteiger partial charge in [-0.2, -0.15) is 0 Å². The van der Waals surface area contributed by atoms with Crippen molar-refractivity contribution in [3.8, 4) is 11.5 Å². The Labute approximate surface area is 214 Å². The maximum Gasteiger partial charge on any atom is 0.232 e. The van der Waals surface area contributed by atoms with Crippen LogP contribution in [-0.4, -0.2) is 53.4 Å². The van der Waals surface area contributed by atoms with Gasteiger partial charge in [0.15, 0.2) is 11.5 Å². The number of sulfonamides is 1. The van der Waals surface area contributed by atoms with Gasteiger partial charge in [-0.15, -0.1) is 0 Å². The van der Waals surface area contributed by atoms with Crippen LogP contribution in [0.3, 0.4) is 0 Å². The highest BCUT2D eigenvalue weighted by Gasteiger charge is 2.21. The summed E-state index contributed by atoms with van der Waals surface area (Å²) in [6.07, 6.45) is 4.30. The summed E-state index contributed by atoms with van der Waals surface area (Å²) in [5.41, 5.74) is 2.77. The Morgan fingerprint density at radius 1 is 1.14 bits per heavy atom. The lowest BCUT2D eigenvalue weighted by molar-refractivity contribution is -0.121. The van der Waals surface area contributed by atoms with Gasteiger partial charge in [-0.3, -0.25) is 9.10 Å². The topological polar surface area (TPSA) is 88.2 Å². The lowest BCUT2D eigenvalue weighted by Gasteiger charge is -2.33. The summed E-state index contributed by atoms with van der Waals surface area (Å²) in [6.45, 7) is 7.53. The molecule has 2 atom stereocenters. The lowest BCUT2D eigenvalue weighted by atomic mass is 9.99. The standard InChI is InChI=1S/C27H37N3O5S/c1-20-6-4-14-29(19-20)23-10-8-22(9-11-23)21(2)28-27(31)7-5-15-30(36(3,32)33)24-12-13-25-26(18-24)35-17-16-34-25/h8-13,18,20-21H,4-7,14-17,19H2,1-3H3,(H,28,31)/t20-,21+/m0/s1. The third-order valence-electron chi connectivity index (χ3n) is 6.77. The molecule has 2 heterocycles. The first-order valence-electron chi connectivity index (χ1n) is 12.7. The van der Waals surface area contributed by atoms with E-state index >= 15 is 0 Å². The molecule has 2 aromatic carbocycles. The molecular weight excluding hydrogens is 478 g/mol. The van der Waals surface area contributed by atoms with Crippen molar-refractivity contribution in [3.05, 3.63) is 48.0 Å². The quantitative estimate of drug-likeness (QED) is 0.541. The maximum absolute atomic E-state index is 12.6. The molecule has 4 rings (SSSR count). The van der Waals surface area contributed by atoms with Crippen LogP contribution >= 0.6 is 0 Å². The van der Waals surface area contributed by atoms with Gasteiger partial charge in [0.1, 0.15) is 13.2 Å². The van der Waals surface area contributed by atoms with Crippen LogP contribution in [-0.2, 0) is 14.8 Å². The minimum absolute atomic E-state index is 0.105. The van der Waals surface area contributed by atoms with Gasteiger partial charge in [-0.25, -0.2) is 8.42 Å². The zero-order chi connectivity index (χ0) is 25.7. The highest BCUT2D eigenvalue weighted by atomic mass is 32.2. The molecule has 0 aliphatic carbocycles. The molecule has 2 aromatic rings. The summed E-state index contributed by atoms with van der Waals surface area (Å²) < 4.78 is 37.3. The van der Waals surface area contributed by atoms with Crippen LogP contribution in [0.1, 0.15) is 51.1 Å². The smallest absolute Gasteiger partial charge is 0.232 e. The highest BCUT2D eigenvalue weighted by Crippen LogP contribution is 2.34. The Hall–Kier alpha value is -2.94. The third-order valence-corrected chi connectivity index (χ3v) is 7.97. The number of amides is 1. The molecule has 0 bridgehead atoms. The first kappa shape index (κ1) is 26.1. The molecular formula is C27H37N3O5S. The number of piperidine rings is 1. The summed E-state index contributed by atoms with van der Waals surface area (Å²) in [5.74, 6) is 1.74. The van der Waals surface area contributed by atoms with Gasteiger partial charge in [-0.1, -0.05) is 19.1 Å². The number of rotatable bonds is 9. The summed E-state index contributed by atoms with van der Waals surface area (Å²) in [5, 5.41) is 3.04. The number of nitrogens with zero attached hydrogens (tertiary/aromatic N) is 2. The van der Waals surface area contributed by atoms with Crippen molar-refractivity contribution in [2.24, 2.45) is 5.92 Å². The zero-order valence-electron chi connectivity index (χ0n) is 21.4. The summed E-state index contributed by atoms with van der Waals surface area (Å²) >= 11 is 0. The van der Waals surface area contributed by atoms with E-state index in [9.17, 15) is 13.2 Å². The number of carbonyl (C=O) groups excluding carboxylic acids is 1. The molecule has 1 fully saturated rings. The Morgan fingerprint density at radius 2 is 1.86 bits per heavy atom. The van der Waals surface area contributed by atoms with E-state index in [-0.39, 0.29) is 24.9 Å². The van der Waals surface area contributed by atoms with Crippen molar-refractivity contribution in [2.75, 3.05) is 48.3 Å². The number of benzene rings is 2. The number of ether oxygens (including phenoxy) is 2. The number of hydrogen-bond acceptors (Lipinski definition) is 6. The molecule has 1 amide bonds.